The first-order valence-corrected chi connectivity index (χ1v) is 6.65. The Hall–Kier alpha value is -2.55. The first-order chi connectivity index (χ1) is 10.9. The lowest BCUT2D eigenvalue weighted by Crippen LogP contribution is -2.23. The number of carbonyl (C=O) groups excluding carboxylic acids is 1. The molecule has 0 fully saturated rings. The normalized spacial score (nSPS) is 11.3. The SMILES string of the molecule is NCCc1nc(C(=O)NCc2ccc(OC(F)(F)F)cc2)co1. The number of nitrogens with one attached hydrogen (secondary N) is 1. The molecule has 23 heavy (non-hydrogen) atoms. The summed E-state index contributed by atoms with van der Waals surface area (Å²) < 4.78 is 44.9. The van der Waals surface area contributed by atoms with E-state index < -0.39 is 12.3 Å². The Balaban J connectivity index is 1.88. The van der Waals surface area contributed by atoms with E-state index in [1.165, 1.54) is 30.5 Å². The van der Waals surface area contributed by atoms with Gasteiger partial charge in [0.15, 0.2) is 11.6 Å². The van der Waals surface area contributed by atoms with Crippen molar-refractivity contribution >= 4 is 5.91 Å². The predicted molar refractivity (Wildman–Crippen MR) is 73.6 cm³/mol. The fraction of sp³-hybridized carbons (Fsp3) is 0.286. The number of ether oxygens (including phenoxy) is 1. The molecule has 0 atom stereocenters. The van der Waals surface area contributed by atoms with E-state index in [1.807, 2.05) is 0 Å². The van der Waals surface area contributed by atoms with E-state index in [2.05, 4.69) is 15.0 Å². The Kier molecular flexibility index (Phi) is 5.22. The molecule has 3 N–H and O–H groups in total. The van der Waals surface area contributed by atoms with Crippen LogP contribution in [0.3, 0.4) is 0 Å². The standard InChI is InChI=1S/C14H14F3N3O3/c15-14(16,17)23-10-3-1-9(2-4-10)7-19-13(21)11-8-22-12(20-11)5-6-18/h1-4,8H,5-7,18H2,(H,19,21). The first kappa shape index (κ1) is 16.8. The van der Waals surface area contributed by atoms with Gasteiger partial charge >= 0.3 is 6.36 Å². The molecule has 1 aromatic carbocycles. The van der Waals surface area contributed by atoms with Crippen LogP contribution in [0.2, 0.25) is 0 Å². The summed E-state index contributed by atoms with van der Waals surface area (Å²) in [6.07, 6.45) is -3.08. The summed E-state index contributed by atoms with van der Waals surface area (Å²) in [4.78, 5) is 15.8. The first-order valence-electron chi connectivity index (χ1n) is 6.65. The Morgan fingerprint density at radius 3 is 2.61 bits per heavy atom. The highest BCUT2D eigenvalue weighted by atomic mass is 19.4. The van der Waals surface area contributed by atoms with Crippen LogP contribution in [0.1, 0.15) is 21.9 Å². The van der Waals surface area contributed by atoms with E-state index >= 15 is 0 Å². The van der Waals surface area contributed by atoms with Crippen molar-refractivity contribution in [3.8, 4) is 5.75 Å². The van der Waals surface area contributed by atoms with E-state index in [0.29, 0.717) is 24.4 Å². The molecule has 0 aliphatic heterocycles. The van der Waals surface area contributed by atoms with Crippen molar-refractivity contribution < 1.29 is 27.1 Å². The van der Waals surface area contributed by atoms with Gasteiger partial charge in [-0.1, -0.05) is 12.1 Å². The van der Waals surface area contributed by atoms with Crippen LogP contribution in [0.25, 0.3) is 0 Å². The lowest BCUT2D eigenvalue weighted by molar-refractivity contribution is -0.274. The van der Waals surface area contributed by atoms with Crippen molar-refractivity contribution in [1.82, 2.24) is 10.3 Å². The molecule has 1 amide bonds. The number of nitrogens with zero attached hydrogens (tertiary/aromatic N) is 1. The van der Waals surface area contributed by atoms with E-state index in [-0.39, 0.29) is 18.0 Å². The molecule has 0 aliphatic rings. The highest BCUT2D eigenvalue weighted by Gasteiger charge is 2.30. The van der Waals surface area contributed by atoms with Crippen LogP contribution in [0.4, 0.5) is 13.2 Å². The number of amides is 1. The quantitative estimate of drug-likeness (QED) is 0.846. The maximum absolute atomic E-state index is 12.0. The molecule has 6 nitrogen and oxygen atoms in total. The van der Waals surface area contributed by atoms with Gasteiger partial charge in [-0.2, -0.15) is 0 Å². The number of alkyl halides is 3. The van der Waals surface area contributed by atoms with Gasteiger partial charge in [0.1, 0.15) is 12.0 Å². The molecular weight excluding hydrogens is 315 g/mol. The summed E-state index contributed by atoms with van der Waals surface area (Å²) in [7, 11) is 0. The molecule has 0 radical (unpaired) electrons. The maximum Gasteiger partial charge on any atom is 0.573 e. The summed E-state index contributed by atoms with van der Waals surface area (Å²) in [5, 5.41) is 2.58. The lowest BCUT2D eigenvalue weighted by atomic mass is 10.2. The highest BCUT2D eigenvalue weighted by molar-refractivity contribution is 5.91. The minimum atomic E-state index is -4.73. The number of aromatic nitrogens is 1. The molecule has 0 spiro atoms. The molecule has 0 saturated heterocycles. The number of hydrogen-bond donors (Lipinski definition) is 2. The Morgan fingerprint density at radius 1 is 1.30 bits per heavy atom. The molecule has 9 heteroatoms. The topological polar surface area (TPSA) is 90.4 Å². The molecule has 0 aliphatic carbocycles. The fourth-order valence-electron chi connectivity index (χ4n) is 1.74. The van der Waals surface area contributed by atoms with Crippen LogP contribution < -0.4 is 15.8 Å². The van der Waals surface area contributed by atoms with Crippen LogP contribution in [0.5, 0.6) is 5.75 Å². The molecule has 0 unspecified atom stereocenters. The van der Waals surface area contributed by atoms with Gasteiger partial charge in [-0.25, -0.2) is 4.98 Å². The molecule has 1 heterocycles. The summed E-state index contributed by atoms with van der Waals surface area (Å²) in [6.45, 7) is 0.484. The highest BCUT2D eigenvalue weighted by Crippen LogP contribution is 2.22. The Morgan fingerprint density at radius 2 is 2.00 bits per heavy atom. The average molecular weight is 329 g/mol. The summed E-state index contributed by atoms with van der Waals surface area (Å²) in [5.74, 6) is -0.408. The van der Waals surface area contributed by atoms with Gasteiger partial charge in [0, 0.05) is 19.5 Å². The summed E-state index contributed by atoms with van der Waals surface area (Å²) >= 11 is 0. The maximum atomic E-state index is 12.0. The van der Waals surface area contributed by atoms with Crippen molar-refractivity contribution in [1.29, 1.82) is 0 Å². The number of nitrogens with two attached hydrogens (primary N) is 1. The zero-order valence-electron chi connectivity index (χ0n) is 11.9. The predicted octanol–water partition coefficient (Wildman–Crippen LogP) is 2.00. The number of hydrogen-bond acceptors (Lipinski definition) is 5. The van der Waals surface area contributed by atoms with Crippen molar-refractivity contribution in [2.24, 2.45) is 5.73 Å². The Labute approximate surface area is 129 Å². The molecular formula is C14H14F3N3O3. The zero-order valence-corrected chi connectivity index (χ0v) is 11.9. The van der Waals surface area contributed by atoms with Gasteiger partial charge in [-0.3, -0.25) is 4.79 Å². The largest absolute Gasteiger partial charge is 0.573 e. The van der Waals surface area contributed by atoms with Gasteiger partial charge < -0.3 is 20.2 Å². The third-order valence-electron chi connectivity index (χ3n) is 2.75. The van der Waals surface area contributed by atoms with E-state index in [4.69, 9.17) is 10.2 Å². The van der Waals surface area contributed by atoms with Gasteiger partial charge in [0.2, 0.25) is 0 Å². The number of oxazole rings is 1. The van der Waals surface area contributed by atoms with Crippen molar-refractivity contribution in [2.75, 3.05) is 6.54 Å². The number of halogens is 3. The van der Waals surface area contributed by atoms with E-state index in [1.54, 1.807) is 0 Å². The second kappa shape index (κ2) is 7.14. The fourth-order valence-corrected chi connectivity index (χ4v) is 1.74. The van der Waals surface area contributed by atoms with Crippen LogP contribution in [-0.2, 0) is 13.0 Å². The minimum Gasteiger partial charge on any atom is -0.448 e. The number of rotatable bonds is 6. The molecule has 124 valence electrons. The number of carbonyl (C=O) groups is 1. The molecule has 1 aromatic heterocycles. The second-order valence-corrected chi connectivity index (χ2v) is 4.54. The average Bonchev–Trinajstić information content (AvgIpc) is 2.94. The van der Waals surface area contributed by atoms with Crippen LogP contribution in [-0.4, -0.2) is 23.8 Å². The molecule has 0 bridgehead atoms. The van der Waals surface area contributed by atoms with Gasteiger partial charge in [-0.05, 0) is 17.7 Å². The van der Waals surface area contributed by atoms with E-state index in [0.717, 1.165) is 0 Å². The monoisotopic (exact) mass is 329 g/mol. The van der Waals surface area contributed by atoms with Crippen molar-refractivity contribution in [2.45, 2.75) is 19.3 Å². The van der Waals surface area contributed by atoms with Crippen molar-refractivity contribution in [3.63, 3.8) is 0 Å². The number of benzene rings is 1. The minimum absolute atomic E-state index is 0.116. The van der Waals surface area contributed by atoms with Gasteiger partial charge in [0.05, 0.1) is 0 Å². The van der Waals surface area contributed by atoms with Gasteiger partial charge in [-0.15, -0.1) is 13.2 Å². The van der Waals surface area contributed by atoms with E-state index in [9.17, 15) is 18.0 Å². The molecule has 2 rings (SSSR count). The van der Waals surface area contributed by atoms with Crippen molar-refractivity contribution in [3.05, 3.63) is 47.7 Å². The molecule has 0 saturated carbocycles. The zero-order chi connectivity index (χ0) is 16.9. The van der Waals surface area contributed by atoms with Gasteiger partial charge in [0.25, 0.3) is 5.91 Å². The summed E-state index contributed by atoms with van der Waals surface area (Å²) in [5.41, 5.74) is 6.08. The smallest absolute Gasteiger partial charge is 0.448 e. The third kappa shape index (κ3) is 5.29. The van der Waals surface area contributed by atoms with Crippen LogP contribution in [0.15, 0.2) is 34.9 Å². The summed E-state index contributed by atoms with van der Waals surface area (Å²) in [6, 6.07) is 5.18. The third-order valence-corrected chi connectivity index (χ3v) is 2.75. The Bertz CT molecular complexity index is 653. The second-order valence-electron chi connectivity index (χ2n) is 4.54. The lowest BCUT2D eigenvalue weighted by Gasteiger charge is -2.09. The van der Waals surface area contributed by atoms with Crippen LogP contribution in [0, 0.1) is 0 Å². The van der Waals surface area contributed by atoms with Crippen LogP contribution >= 0.6 is 0 Å². The molecule has 2 aromatic rings.